The maximum atomic E-state index is 13.0. The number of benzene rings is 1. The Morgan fingerprint density at radius 3 is 2.39 bits per heavy atom. The van der Waals surface area contributed by atoms with Crippen molar-refractivity contribution in [1.29, 1.82) is 0 Å². The van der Waals surface area contributed by atoms with Crippen molar-refractivity contribution in [3.63, 3.8) is 0 Å². The van der Waals surface area contributed by atoms with Crippen molar-refractivity contribution in [2.45, 2.75) is 24.6 Å². The first-order valence-corrected chi connectivity index (χ1v) is 6.36. The molecule has 1 heterocycles. The van der Waals surface area contributed by atoms with Crippen LogP contribution >= 0.6 is 12.4 Å². The van der Waals surface area contributed by atoms with Gasteiger partial charge in [0.25, 0.3) is 5.92 Å². The van der Waals surface area contributed by atoms with Gasteiger partial charge in [0.15, 0.2) is 6.61 Å². The minimum absolute atomic E-state index is 0. The summed E-state index contributed by atoms with van der Waals surface area (Å²) < 4.78 is 66.4. The summed E-state index contributed by atoms with van der Waals surface area (Å²) in [6.45, 7) is -1.98. The van der Waals surface area contributed by atoms with Crippen LogP contribution in [0.25, 0.3) is 0 Å². The molecule has 1 saturated heterocycles. The summed E-state index contributed by atoms with van der Waals surface area (Å²) in [6, 6.07) is 4.15. The average Bonchev–Trinajstić information content (AvgIpc) is 2.77. The molecule has 0 bridgehead atoms. The van der Waals surface area contributed by atoms with Crippen molar-refractivity contribution in [3.05, 3.63) is 24.3 Å². The lowest BCUT2D eigenvalue weighted by atomic mass is 10.2. The van der Waals surface area contributed by atoms with Crippen molar-refractivity contribution in [2.24, 2.45) is 0 Å². The predicted molar refractivity (Wildman–Crippen MR) is 75.2 cm³/mol. The molecule has 130 valence electrons. The third-order valence-corrected chi connectivity index (χ3v) is 2.95. The van der Waals surface area contributed by atoms with Gasteiger partial charge in [-0.25, -0.2) is 8.78 Å². The maximum absolute atomic E-state index is 13.0. The summed E-state index contributed by atoms with van der Waals surface area (Å²) >= 11 is 0. The van der Waals surface area contributed by atoms with E-state index in [0.29, 0.717) is 0 Å². The molecule has 1 aromatic carbocycles. The molecule has 0 spiro atoms. The highest BCUT2D eigenvalue weighted by molar-refractivity contribution is 5.95. The van der Waals surface area contributed by atoms with Crippen LogP contribution in [0.5, 0.6) is 5.75 Å². The van der Waals surface area contributed by atoms with E-state index >= 15 is 0 Å². The minimum atomic E-state index is -4.44. The van der Waals surface area contributed by atoms with Crippen molar-refractivity contribution < 1.29 is 31.5 Å². The summed E-state index contributed by atoms with van der Waals surface area (Å²) in [6.07, 6.45) is -5.03. The highest BCUT2D eigenvalue weighted by Crippen LogP contribution is 2.26. The summed E-state index contributed by atoms with van der Waals surface area (Å²) in [5.74, 6) is -3.56. The van der Waals surface area contributed by atoms with Crippen LogP contribution in [-0.2, 0) is 4.79 Å². The zero-order valence-electron chi connectivity index (χ0n) is 11.6. The number of carbonyl (C=O) groups is 1. The molecule has 0 radical (unpaired) electrons. The maximum Gasteiger partial charge on any atom is 0.422 e. The second-order valence-electron chi connectivity index (χ2n) is 4.91. The van der Waals surface area contributed by atoms with Gasteiger partial charge < -0.3 is 10.1 Å². The normalized spacial score (nSPS) is 19.8. The fourth-order valence-corrected chi connectivity index (χ4v) is 1.93. The first kappa shape index (κ1) is 19.4. The third kappa shape index (κ3) is 6.19. The fourth-order valence-electron chi connectivity index (χ4n) is 1.93. The van der Waals surface area contributed by atoms with Crippen LogP contribution in [0.1, 0.15) is 6.42 Å². The number of hydrogen-bond donors (Lipinski definition) is 2. The van der Waals surface area contributed by atoms with Gasteiger partial charge in [-0.05, 0) is 24.3 Å². The number of amides is 1. The molecule has 1 unspecified atom stereocenters. The number of hydrogen-bond acceptors (Lipinski definition) is 3. The van der Waals surface area contributed by atoms with E-state index in [9.17, 15) is 26.7 Å². The SMILES string of the molecule is Cl.O=C(Nc1ccc(OCC(F)(F)F)cc1)C1CC(F)(F)CN1. The molecule has 1 amide bonds. The number of alkyl halides is 5. The van der Waals surface area contributed by atoms with Crippen LogP contribution in [0.4, 0.5) is 27.6 Å². The second-order valence-corrected chi connectivity index (χ2v) is 4.91. The van der Waals surface area contributed by atoms with Gasteiger partial charge in [-0.2, -0.15) is 13.2 Å². The Morgan fingerprint density at radius 1 is 1.30 bits per heavy atom. The van der Waals surface area contributed by atoms with Crippen LogP contribution in [0.2, 0.25) is 0 Å². The Balaban J connectivity index is 0.00000264. The molecule has 1 atom stereocenters. The lowest BCUT2D eigenvalue weighted by Gasteiger charge is -2.12. The lowest BCUT2D eigenvalue weighted by Crippen LogP contribution is -2.35. The number of nitrogens with one attached hydrogen (secondary N) is 2. The number of halogens is 6. The molecule has 0 aliphatic carbocycles. The molecule has 1 aromatic rings. The Morgan fingerprint density at radius 2 is 1.91 bits per heavy atom. The molecule has 1 aliphatic heterocycles. The van der Waals surface area contributed by atoms with Crippen LogP contribution < -0.4 is 15.4 Å². The topological polar surface area (TPSA) is 50.4 Å². The molecule has 1 fully saturated rings. The molecule has 10 heteroatoms. The standard InChI is InChI=1S/C13H13F5N2O2.ClH/c14-12(15)5-10(19-6-12)11(21)20-8-1-3-9(4-2-8)22-7-13(16,17)18;/h1-4,10,19H,5-7H2,(H,20,21);1H. The minimum Gasteiger partial charge on any atom is -0.484 e. The predicted octanol–water partition coefficient (Wildman–Crippen LogP) is 2.99. The highest BCUT2D eigenvalue weighted by Gasteiger charge is 2.42. The summed E-state index contributed by atoms with van der Waals surface area (Å²) in [4.78, 5) is 11.8. The van der Waals surface area contributed by atoms with Gasteiger partial charge in [0.05, 0.1) is 12.6 Å². The van der Waals surface area contributed by atoms with Crippen molar-refractivity contribution in [3.8, 4) is 5.75 Å². The number of ether oxygens (including phenoxy) is 1. The van der Waals surface area contributed by atoms with Gasteiger partial charge in [-0.15, -0.1) is 12.4 Å². The van der Waals surface area contributed by atoms with E-state index in [1.807, 2.05) is 0 Å². The summed E-state index contributed by atoms with van der Waals surface area (Å²) in [5, 5.41) is 4.81. The fraction of sp³-hybridized carbons (Fsp3) is 0.462. The first-order valence-electron chi connectivity index (χ1n) is 6.36. The van der Waals surface area contributed by atoms with E-state index in [1.54, 1.807) is 0 Å². The summed E-state index contributed by atoms with van der Waals surface area (Å²) in [7, 11) is 0. The van der Waals surface area contributed by atoms with E-state index in [-0.39, 0.29) is 23.8 Å². The first-order chi connectivity index (χ1) is 10.1. The second kappa shape index (κ2) is 7.31. The third-order valence-electron chi connectivity index (χ3n) is 2.95. The quantitative estimate of drug-likeness (QED) is 0.812. The zero-order chi connectivity index (χ0) is 16.4. The Kier molecular flexibility index (Phi) is 6.18. The molecule has 2 N–H and O–H groups in total. The van der Waals surface area contributed by atoms with Crippen molar-refractivity contribution in [2.75, 3.05) is 18.5 Å². The van der Waals surface area contributed by atoms with E-state index in [4.69, 9.17) is 0 Å². The number of anilines is 1. The molecule has 1 aliphatic rings. The Labute approximate surface area is 134 Å². The number of rotatable bonds is 4. The lowest BCUT2D eigenvalue weighted by molar-refractivity contribution is -0.153. The van der Waals surface area contributed by atoms with E-state index in [2.05, 4.69) is 15.4 Å². The smallest absolute Gasteiger partial charge is 0.422 e. The monoisotopic (exact) mass is 360 g/mol. The van der Waals surface area contributed by atoms with Crippen LogP contribution in [0.3, 0.4) is 0 Å². The molecule has 0 saturated carbocycles. The molecule has 4 nitrogen and oxygen atoms in total. The van der Waals surface area contributed by atoms with Crippen LogP contribution in [-0.4, -0.2) is 37.2 Å². The van der Waals surface area contributed by atoms with Crippen LogP contribution in [0.15, 0.2) is 24.3 Å². The van der Waals surface area contributed by atoms with E-state index in [0.717, 1.165) is 0 Å². The molecule has 23 heavy (non-hydrogen) atoms. The van der Waals surface area contributed by atoms with Gasteiger partial charge in [0.2, 0.25) is 5.91 Å². The molecular weight excluding hydrogens is 347 g/mol. The molecular formula is C13H14ClF5N2O2. The van der Waals surface area contributed by atoms with Gasteiger partial charge in [-0.1, -0.05) is 0 Å². The highest BCUT2D eigenvalue weighted by atomic mass is 35.5. The largest absolute Gasteiger partial charge is 0.484 e. The molecule has 2 rings (SSSR count). The van der Waals surface area contributed by atoms with Crippen molar-refractivity contribution >= 4 is 24.0 Å². The van der Waals surface area contributed by atoms with Gasteiger partial charge in [0.1, 0.15) is 5.75 Å². The van der Waals surface area contributed by atoms with E-state index < -0.39 is 43.6 Å². The van der Waals surface area contributed by atoms with Gasteiger partial charge >= 0.3 is 6.18 Å². The molecule has 0 aromatic heterocycles. The van der Waals surface area contributed by atoms with E-state index in [1.165, 1.54) is 24.3 Å². The van der Waals surface area contributed by atoms with Gasteiger partial charge in [-0.3, -0.25) is 10.1 Å². The average molecular weight is 361 g/mol. The van der Waals surface area contributed by atoms with Crippen molar-refractivity contribution in [1.82, 2.24) is 5.32 Å². The Hall–Kier alpha value is -1.61. The zero-order valence-corrected chi connectivity index (χ0v) is 12.4. The summed E-state index contributed by atoms with van der Waals surface area (Å²) in [5.41, 5.74) is 0.279. The van der Waals surface area contributed by atoms with Gasteiger partial charge in [0, 0.05) is 12.1 Å². The Bertz CT molecular complexity index is 536. The van der Waals surface area contributed by atoms with Crippen LogP contribution in [0, 0.1) is 0 Å². The number of carbonyl (C=O) groups excluding carboxylic acids is 1.